The van der Waals surface area contributed by atoms with E-state index in [1.54, 1.807) is 0 Å². The van der Waals surface area contributed by atoms with Gasteiger partial charge in [0.15, 0.2) is 6.61 Å². The van der Waals surface area contributed by atoms with Gasteiger partial charge >= 0.3 is 0 Å². The first-order valence-corrected chi connectivity index (χ1v) is 4.81. The molecule has 1 fully saturated rings. The Bertz CT molecular complexity index is 138. The Labute approximate surface area is 74.5 Å². The Morgan fingerprint density at radius 1 is 1.50 bits per heavy atom. The Hall–Kier alpha value is -0.120. The molecule has 12 heavy (non-hydrogen) atoms. The summed E-state index contributed by atoms with van der Waals surface area (Å²) < 4.78 is 0. The number of rotatable bonds is 2. The van der Waals surface area contributed by atoms with E-state index >= 15 is 0 Å². The minimum absolute atomic E-state index is 0.329. The Morgan fingerprint density at radius 3 is 2.67 bits per heavy atom. The predicted molar refractivity (Wildman–Crippen MR) is 51.3 cm³/mol. The molecule has 4 N–H and O–H groups in total. The second-order valence-electron chi connectivity index (χ2n) is 3.99. The molecule has 0 bridgehead atoms. The lowest BCUT2D eigenvalue weighted by Crippen LogP contribution is -2.52. The van der Waals surface area contributed by atoms with Gasteiger partial charge in [-0.3, -0.25) is 4.90 Å². The third-order valence-electron chi connectivity index (χ3n) is 2.68. The average Bonchev–Trinajstić information content (AvgIpc) is 2.04. The molecular weight excluding hydrogens is 152 g/mol. The highest BCUT2D eigenvalue weighted by molar-refractivity contribution is 4.84. The van der Waals surface area contributed by atoms with Crippen molar-refractivity contribution in [3.63, 3.8) is 0 Å². The summed E-state index contributed by atoms with van der Waals surface area (Å²) in [4.78, 5) is 2.36. The quantitative estimate of drug-likeness (QED) is 0.593. The van der Waals surface area contributed by atoms with Crippen molar-refractivity contribution >= 4 is 0 Å². The first-order valence-electron chi connectivity index (χ1n) is 4.81. The molecule has 0 aliphatic carbocycles. The normalized spacial score (nSPS) is 32.8. The van der Waals surface area contributed by atoms with Crippen LogP contribution in [0.1, 0.15) is 26.7 Å². The van der Waals surface area contributed by atoms with Crippen LogP contribution < -0.4 is 5.73 Å². The summed E-state index contributed by atoms with van der Waals surface area (Å²) in [6, 6.07) is 1.31. The second kappa shape index (κ2) is 4.21. The van der Waals surface area contributed by atoms with E-state index in [1.807, 2.05) is 0 Å². The summed E-state index contributed by atoms with van der Waals surface area (Å²) in [6.45, 7) is 5.85. The summed E-state index contributed by atoms with van der Waals surface area (Å²) in [7, 11) is 0. The summed E-state index contributed by atoms with van der Waals surface area (Å²) >= 11 is 0. The van der Waals surface area contributed by atoms with E-state index in [0.29, 0.717) is 24.7 Å². The first kappa shape index (κ1) is 9.96. The maximum absolute atomic E-state index is 7.40. The number of hydrogen-bond donors (Lipinski definition) is 1. The zero-order chi connectivity index (χ0) is 9.14. The molecule has 0 aromatic carbocycles. The molecule has 1 aliphatic heterocycles. The van der Waals surface area contributed by atoms with Gasteiger partial charge in [-0.15, -0.1) is 0 Å². The van der Waals surface area contributed by atoms with Crippen molar-refractivity contribution in [2.24, 2.45) is 5.73 Å². The monoisotopic (exact) mass is 173 g/mol. The molecule has 0 aromatic heterocycles. The molecule has 72 valence electrons. The maximum Gasteiger partial charge on any atom is 0.159 e. The van der Waals surface area contributed by atoms with Crippen molar-refractivity contribution in [1.29, 1.82) is 0 Å². The summed E-state index contributed by atoms with van der Waals surface area (Å²) in [5, 5.41) is 7.40. The Morgan fingerprint density at radius 2 is 2.17 bits per heavy atom. The van der Waals surface area contributed by atoms with Gasteiger partial charge in [0.05, 0.1) is 6.04 Å². The van der Waals surface area contributed by atoms with E-state index < -0.39 is 0 Å². The van der Waals surface area contributed by atoms with Crippen molar-refractivity contribution < 1.29 is 5.11 Å². The molecule has 0 radical (unpaired) electrons. The van der Waals surface area contributed by atoms with Crippen molar-refractivity contribution in [1.82, 2.24) is 4.90 Å². The van der Waals surface area contributed by atoms with Gasteiger partial charge in [-0.1, -0.05) is 0 Å². The standard InChI is InChI=1S/C9H20N2O/c1-7(2)11-5-8(10)3-4-9(11)6-12/h7-9,12H,3-6,10H2,1-2H3/p+1/t8-,9-/m1/s1. The van der Waals surface area contributed by atoms with E-state index in [-0.39, 0.29) is 0 Å². The topological polar surface area (TPSA) is 52.2 Å². The largest absolute Gasteiger partial charge is 0.444 e. The van der Waals surface area contributed by atoms with Gasteiger partial charge in [-0.25, -0.2) is 0 Å². The number of hydrogen-bond acceptors (Lipinski definition) is 2. The highest BCUT2D eigenvalue weighted by Crippen LogP contribution is 2.18. The van der Waals surface area contributed by atoms with Crippen LogP contribution in [0.3, 0.4) is 0 Å². The van der Waals surface area contributed by atoms with E-state index in [2.05, 4.69) is 18.7 Å². The molecule has 1 aliphatic rings. The van der Waals surface area contributed by atoms with Crippen LogP contribution in [0.2, 0.25) is 0 Å². The molecule has 0 saturated carbocycles. The van der Waals surface area contributed by atoms with Gasteiger partial charge < -0.3 is 10.8 Å². The van der Waals surface area contributed by atoms with Gasteiger partial charge in [0, 0.05) is 18.6 Å². The maximum atomic E-state index is 7.40. The smallest absolute Gasteiger partial charge is 0.159 e. The van der Waals surface area contributed by atoms with E-state index in [1.165, 1.54) is 0 Å². The fourth-order valence-electron chi connectivity index (χ4n) is 1.94. The average molecular weight is 173 g/mol. The highest BCUT2D eigenvalue weighted by atomic mass is 16.3. The molecule has 0 spiro atoms. The molecule has 0 amide bonds. The summed E-state index contributed by atoms with van der Waals surface area (Å²) in [6.07, 6.45) is 2.19. The van der Waals surface area contributed by atoms with Crippen molar-refractivity contribution in [3.8, 4) is 0 Å². The minimum atomic E-state index is 0.329. The first-order chi connectivity index (χ1) is 5.65. The van der Waals surface area contributed by atoms with Crippen molar-refractivity contribution in [3.05, 3.63) is 0 Å². The van der Waals surface area contributed by atoms with Gasteiger partial charge in [-0.2, -0.15) is 0 Å². The van der Waals surface area contributed by atoms with Crippen LogP contribution in [0.5, 0.6) is 0 Å². The molecular formula is C9H21N2O+. The number of nitrogens with two attached hydrogens (primary N) is 1. The van der Waals surface area contributed by atoms with Gasteiger partial charge in [-0.05, 0) is 26.7 Å². The fraction of sp³-hybridized carbons (Fsp3) is 1.00. The molecule has 1 heterocycles. The van der Waals surface area contributed by atoms with E-state index in [9.17, 15) is 0 Å². The van der Waals surface area contributed by atoms with Crippen LogP contribution in [0.4, 0.5) is 0 Å². The van der Waals surface area contributed by atoms with Crippen LogP contribution in [-0.4, -0.2) is 41.3 Å². The fourth-order valence-corrected chi connectivity index (χ4v) is 1.94. The third kappa shape index (κ3) is 2.19. The van der Waals surface area contributed by atoms with Gasteiger partial charge in [0.25, 0.3) is 0 Å². The number of piperidine rings is 1. The summed E-state index contributed by atoms with van der Waals surface area (Å²) in [5.41, 5.74) is 5.88. The van der Waals surface area contributed by atoms with E-state index in [4.69, 9.17) is 10.8 Å². The zero-order valence-electron chi connectivity index (χ0n) is 8.09. The molecule has 1 saturated heterocycles. The van der Waals surface area contributed by atoms with Crippen LogP contribution in [-0.2, 0) is 0 Å². The lowest BCUT2D eigenvalue weighted by Gasteiger charge is -2.38. The lowest BCUT2D eigenvalue weighted by atomic mass is 9.98. The lowest BCUT2D eigenvalue weighted by molar-refractivity contribution is 0.0569. The molecule has 1 rings (SSSR count). The highest BCUT2D eigenvalue weighted by Gasteiger charge is 2.28. The number of nitrogens with zero attached hydrogens (tertiary/aromatic N) is 1. The minimum Gasteiger partial charge on any atom is -0.444 e. The molecule has 0 unspecified atom stereocenters. The second-order valence-corrected chi connectivity index (χ2v) is 3.99. The summed E-state index contributed by atoms with van der Waals surface area (Å²) in [5.74, 6) is 0. The zero-order valence-corrected chi connectivity index (χ0v) is 8.09. The third-order valence-corrected chi connectivity index (χ3v) is 2.68. The molecule has 0 aromatic rings. The Balaban J connectivity index is 2.52. The predicted octanol–water partition coefficient (Wildman–Crippen LogP) is -0.0889. The van der Waals surface area contributed by atoms with E-state index in [0.717, 1.165) is 19.4 Å². The van der Waals surface area contributed by atoms with Crippen LogP contribution in [0.25, 0.3) is 0 Å². The Kier molecular flexibility index (Phi) is 3.50. The van der Waals surface area contributed by atoms with Gasteiger partial charge in [0.1, 0.15) is 0 Å². The van der Waals surface area contributed by atoms with Gasteiger partial charge in [0.2, 0.25) is 0 Å². The van der Waals surface area contributed by atoms with Crippen LogP contribution in [0.15, 0.2) is 0 Å². The molecule has 2 atom stereocenters. The number of likely N-dealkylation sites (tertiary alicyclic amines) is 1. The van der Waals surface area contributed by atoms with Crippen molar-refractivity contribution in [2.75, 3.05) is 13.2 Å². The molecule has 3 nitrogen and oxygen atoms in total. The van der Waals surface area contributed by atoms with Crippen molar-refractivity contribution in [2.45, 2.75) is 44.8 Å². The van der Waals surface area contributed by atoms with Crippen LogP contribution in [0, 0.1) is 0 Å². The SMILES string of the molecule is CC(C)N1C[C@H](N)CC[C@@H]1C[OH2+]. The van der Waals surface area contributed by atoms with Crippen LogP contribution >= 0.6 is 0 Å². The molecule has 3 heteroatoms.